The molecule has 3 aromatic rings. The number of aromatic nitrogens is 1. The quantitative estimate of drug-likeness (QED) is 0.675. The molecule has 0 unspecified atom stereocenters. The van der Waals surface area contributed by atoms with Gasteiger partial charge in [0.15, 0.2) is 0 Å². The second-order valence-electron chi connectivity index (χ2n) is 6.30. The first kappa shape index (κ1) is 19.4. The fraction of sp³-hybridized carbons (Fsp3) is 0.158. The van der Waals surface area contributed by atoms with Crippen LogP contribution in [0.15, 0.2) is 52.2 Å². The summed E-state index contributed by atoms with van der Waals surface area (Å²) in [6.45, 7) is 1.70. The van der Waals surface area contributed by atoms with Gasteiger partial charge in [-0.05, 0) is 49.4 Å². The number of ether oxygens (including phenoxy) is 1. The Morgan fingerprint density at radius 3 is 2.50 bits per heavy atom. The van der Waals surface area contributed by atoms with E-state index in [1.54, 1.807) is 38.2 Å². The van der Waals surface area contributed by atoms with Crippen molar-refractivity contribution in [1.82, 2.24) is 4.57 Å². The van der Waals surface area contributed by atoms with Crippen molar-refractivity contribution < 1.29 is 17.9 Å². The van der Waals surface area contributed by atoms with Crippen molar-refractivity contribution in [3.05, 3.63) is 63.9 Å². The fourth-order valence-electron chi connectivity index (χ4n) is 2.96. The number of carbonyl (C=O) groups is 1. The van der Waals surface area contributed by atoms with Crippen molar-refractivity contribution in [2.75, 3.05) is 11.8 Å². The molecule has 9 heteroatoms. The third-order valence-corrected chi connectivity index (χ3v) is 5.81. The second-order valence-corrected chi connectivity index (χ2v) is 7.95. The van der Waals surface area contributed by atoms with Gasteiger partial charge in [-0.1, -0.05) is 0 Å². The first-order chi connectivity index (χ1) is 13.1. The number of carbonyl (C=O) groups excluding carboxylic acids is 1. The van der Waals surface area contributed by atoms with Gasteiger partial charge in [0.25, 0.3) is 15.6 Å². The van der Waals surface area contributed by atoms with Gasteiger partial charge in [-0.2, -0.15) is 0 Å². The number of aryl methyl sites for hydroxylation is 2. The van der Waals surface area contributed by atoms with E-state index in [4.69, 9.17) is 10.5 Å². The highest BCUT2D eigenvalue weighted by Gasteiger charge is 2.21. The molecule has 1 heterocycles. The third kappa shape index (κ3) is 3.44. The Balaban J connectivity index is 2.04. The lowest BCUT2D eigenvalue weighted by atomic mass is 10.1. The van der Waals surface area contributed by atoms with Crippen LogP contribution in [0.4, 0.5) is 5.69 Å². The number of primary amides is 1. The molecule has 2 aromatic carbocycles. The maximum absolute atomic E-state index is 12.8. The van der Waals surface area contributed by atoms with Crippen molar-refractivity contribution in [3.63, 3.8) is 0 Å². The highest BCUT2D eigenvalue weighted by atomic mass is 32.2. The number of nitrogens with zero attached hydrogens (tertiary/aromatic N) is 1. The summed E-state index contributed by atoms with van der Waals surface area (Å²) < 4.78 is 34.8. The van der Waals surface area contributed by atoms with Crippen LogP contribution in [0, 0.1) is 6.92 Å². The van der Waals surface area contributed by atoms with Crippen LogP contribution >= 0.6 is 0 Å². The molecule has 0 aliphatic carbocycles. The molecule has 0 atom stereocenters. The van der Waals surface area contributed by atoms with E-state index in [1.165, 1.54) is 29.9 Å². The minimum atomic E-state index is -3.99. The monoisotopic (exact) mass is 401 g/mol. The normalized spacial score (nSPS) is 11.4. The Labute approximate surface area is 161 Å². The predicted molar refractivity (Wildman–Crippen MR) is 106 cm³/mol. The van der Waals surface area contributed by atoms with Crippen LogP contribution in [0.3, 0.4) is 0 Å². The smallest absolute Gasteiger partial charge is 0.265 e. The van der Waals surface area contributed by atoms with Crippen LogP contribution in [0.2, 0.25) is 0 Å². The van der Waals surface area contributed by atoms with E-state index in [0.29, 0.717) is 16.8 Å². The fourth-order valence-corrected chi connectivity index (χ4v) is 4.16. The molecule has 0 saturated heterocycles. The Bertz CT molecular complexity index is 1260. The number of pyridine rings is 1. The lowest BCUT2D eigenvalue weighted by Crippen LogP contribution is -2.19. The van der Waals surface area contributed by atoms with Gasteiger partial charge >= 0.3 is 0 Å². The summed E-state index contributed by atoms with van der Waals surface area (Å²) in [5.41, 5.74) is 6.81. The number of rotatable bonds is 5. The lowest BCUT2D eigenvalue weighted by Gasteiger charge is -2.13. The molecule has 8 nitrogen and oxygen atoms in total. The van der Waals surface area contributed by atoms with Gasteiger partial charge in [-0.25, -0.2) is 8.42 Å². The van der Waals surface area contributed by atoms with E-state index < -0.39 is 15.9 Å². The average Bonchev–Trinajstić information content (AvgIpc) is 2.65. The zero-order valence-electron chi connectivity index (χ0n) is 15.5. The molecule has 1 amide bonds. The summed E-state index contributed by atoms with van der Waals surface area (Å²) in [4.78, 5) is 23.2. The SMILES string of the molecule is COc1cc(C(N)=O)ccc1S(=O)(=O)Nc1ccc2c(c1)cc(C)c(=O)n2C. The largest absolute Gasteiger partial charge is 0.495 e. The molecule has 0 saturated carbocycles. The standard InChI is InChI=1S/C19H19N3O5S/c1-11-8-13-9-14(5-6-15(13)22(2)19(11)24)21-28(25,26)17-7-4-12(18(20)23)10-16(17)27-3/h4-10,21H,1-3H3,(H2,20,23). The predicted octanol–water partition coefficient (Wildman–Crippen LogP) is 1.76. The topological polar surface area (TPSA) is 120 Å². The molecule has 0 bridgehead atoms. The molecule has 0 aliphatic rings. The second kappa shape index (κ2) is 7.01. The molecule has 146 valence electrons. The first-order valence-electron chi connectivity index (χ1n) is 8.25. The number of nitrogens with two attached hydrogens (primary N) is 1. The van der Waals surface area contributed by atoms with E-state index in [2.05, 4.69) is 4.72 Å². The van der Waals surface area contributed by atoms with E-state index >= 15 is 0 Å². The summed E-state index contributed by atoms with van der Waals surface area (Å²) in [6.07, 6.45) is 0. The number of sulfonamides is 1. The van der Waals surface area contributed by atoms with Crippen molar-refractivity contribution in [1.29, 1.82) is 0 Å². The van der Waals surface area contributed by atoms with Crippen LogP contribution in [0.1, 0.15) is 15.9 Å². The van der Waals surface area contributed by atoms with E-state index in [1.807, 2.05) is 0 Å². The summed E-state index contributed by atoms with van der Waals surface area (Å²) >= 11 is 0. The molecule has 0 fully saturated rings. The van der Waals surface area contributed by atoms with E-state index in [-0.39, 0.29) is 21.8 Å². The van der Waals surface area contributed by atoms with E-state index in [0.717, 1.165) is 5.39 Å². The minimum absolute atomic E-state index is 0.00262. The van der Waals surface area contributed by atoms with Gasteiger partial charge in [-0.3, -0.25) is 14.3 Å². The molecule has 3 rings (SSSR count). The highest BCUT2D eigenvalue weighted by Crippen LogP contribution is 2.28. The molecule has 0 spiro atoms. The van der Waals surface area contributed by atoms with Crippen LogP contribution in [-0.2, 0) is 17.1 Å². The highest BCUT2D eigenvalue weighted by molar-refractivity contribution is 7.92. The number of hydrogen-bond donors (Lipinski definition) is 2. The Morgan fingerprint density at radius 2 is 1.86 bits per heavy atom. The Morgan fingerprint density at radius 1 is 1.14 bits per heavy atom. The summed E-state index contributed by atoms with van der Waals surface area (Å²) in [5, 5.41) is 0.718. The summed E-state index contributed by atoms with van der Waals surface area (Å²) in [7, 11) is -1.03. The van der Waals surface area contributed by atoms with Gasteiger partial charge in [0, 0.05) is 29.2 Å². The Kier molecular flexibility index (Phi) is 4.86. The van der Waals surface area contributed by atoms with Crippen LogP contribution < -0.4 is 20.8 Å². The lowest BCUT2D eigenvalue weighted by molar-refractivity contribution is 0.1000. The van der Waals surface area contributed by atoms with Crippen molar-refractivity contribution in [3.8, 4) is 5.75 Å². The zero-order valence-corrected chi connectivity index (χ0v) is 16.3. The summed E-state index contributed by atoms with van der Waals surface area (Å²) in [6, 6.07) is 10.4. The van der Waals surface area contributed by atoms with Crippen LogP contribution in [0.5, 0.6) is 5.75 Å². The number of anilines is 1. The number of nitrogens with one attached hydrogen (secondary N) is 1. The number of fused-ring (bicyclic) bond motifs is 1. The third-order valence-electron chi connectivity index (χ3n) is 4.39. The molecule has 0 radical (unpaired) electrons. The maximum Gasteiger partial charge on any atom is 0.265 e. The molecular formula is C19H19N3O5S. The molecule has 3 N–H and O–H groups in total. The van der Waals surface area contributed by atoms with Crippen LogP contribution in [-0.4, -0.2) is 26.0 Å². The number of amides is 1. The van der Waals surface area contributed by atoms with Gasteiger partial charge in [0.2, 0.25) is 5.91 Å². The number of methoxy groups -OCH3 is 1. The molecule has 0 aliphatic heterocycles. The Hall–Kier alpha value is -3.33. The molecular weight excluding hydrogens is 382 g/mol. The molecule has 28 heavy (non-hydrogen) atoms. The van der Waals surface area contributed by atoms with E-state index in [9.17, 15) is 18.0 Å². The van der Waals surface area contributed by atoms with Crippen molar-refractivity contribution in [2.45, 2.75) is 11.8 Å². The van der Waals surface area contributed by atoms with Gasteiger partial charge < -0.3 is 15.0 Å². The molecule has 1 aromatic heterocycles. The van der Waals surface area contributed by atoms with Crippen LogP contribution in [0.25, 0.3) is 10.9 Å². The maximum atomic E-state index is 12.8. The number of hydrogen-bond acceptors (Lipinski definition) is 5. The summed E-state index contributed by atoms with van der Waals surface area (Å²) in [5.74, 6) is -0.687. The first-order valence-corrected chi connectivity index (χ1v) is 9.73. The van der Waals surface area contributed by atoms with Gasteiger partial charge in [0.1, 0.15) is 10.6 Å². The van der Waals surface area contributed by atoms with Crippen molar-refractivity contribution in [2.24, 2.45) is 12.8 Å². The van der Waals surface area contributed by atoms with Gasteiger partial charge in [0.05, 0.1) is 12.6 Å². The van der Waals surface area contributed by atoms with Crippen molar-refractivity contribution >= 4 is 32.5 Å². The minimum Gasteiger partial charge on any atom is -0.495 e. The number of benzene rings is 2. The zero-order chi connectivity index (χ0) is 20.6. The average molecular weight is 401 g/mol. The van der Waals surface area contributed by atoms with Gasteiger partial charge in [-0.15, -0.1) is 0 Å².